The quantitative estimate of drug-likeness (QED) is 0.711. The molecule has 1 aliphatic heterocycles. The van der Waals surface area contributed by atoms with Crippen LogP contribution in [0, 0.1) is 22.7 Å². The van der Waals surface area contributed by atoms with Gasteiger partial charge in [-0.15, -0.1) is 0 Å². The molecule has 7 heteroatoms. The standard InChI is InChI=1S/C18H22N2OS4/c19-11-15-2-3-17(10-16(15)12-20)21-18-13-24-8-6-22-4-1-5-23-7-9-25-14-18/h2-3,10,18H,1,4-9,13-14H2. The summed E-state index contributed by atoms with van der Waals surface area (Å²) in [7, 11) is 0. The average Bonchev–Trinajstić information content (AvgIpc) is 2.64. The highest BCUT2D eigenvalue weighted by molar-refractivity contribution is 8.04. The van der Waals surface area contributed by atoms with Crippen molar-refractivity contribution < 1.29 is 4.74 Å². The number of hydrogen-bond acceptors (Lipinski definition) is 7. The normalized spacial score (nSPS) is 18.5. The van der Waals surface area contributed by atoms with Crippen LogP contribution in [0.5, 0.6) is 5.75 Å². The van der Waals surface area contributed by atoms with Crippen molar-refractivity contribution in [3.63, 3.8) is 0 Å². The lowest BCUT2D eigenvalue weighted by Gasteiger charge is -2.19. The van der Waals surface area contributed by atoms with Crippen LogP contribution in [0.4, 0.5) is 0 Å². The van der Waals surface area contributed by atoms with Gasteiger partial charge in [-0.05, 0) is 36.1 Å². The monoisotopic (exact) mass is 410 g/mol. The van der Waals surface area contributed by atoms with Crippen molar-refractivity contribution in [2.45, 2.75) is 12.5 Å². The third-order valence-electron chi connectivity index (χ3n) is 3.46. The number of benzene rings is 1. The van der Waals surface area contributed by atoms with Gasteiger partial charge in [0, 0.05) is 34.5 Å². The van der Waals surface area contributed by atoms with Crippen LogP contribution >= 0.6 is 47.0 Å². The number of nitrogens with zero attached hydrogens (tertiary/aromatic N) is 2. The molecule has 25 heavy (non-hydrogen) atoms. The van der Waals surface area contributed by atoms with Crippen LogP contribution in [0.15, 0.2) is 18.2 Å². The number of rotatable bonds is 2. The molecule has 1 aromatic rings. The first-order valence-electron chi connectivity index (χ1n) is 8.25. The van der Waals surface area contributed by atoms with E-state index in [2.05, 4.69) is 6.07 Å². The molecule has 0 saturated carbocycles. The molecular weight excluding hydrogens is 388 g/mol. The van der Waals surface area contributed by atoms with Crippen LogP contribution in [0.2, 0.25) is 0 Å². The van der Waals surface area contributed by atoms with Gasteiger partial charge in [0.05, 0.1) is 11.1 Å². The lowest BCUT2D eigenvalue weighted by Crippen LogP contribution is -2.23. The highest BCUT2D eigenvalue weighted by Gasteiger charge is 2.13. The minimum atomic E-state index is 0.132. The average molecular weight is 411 g/mol. The molecule has 1 saturated heterocycles. The molecule has 2 rings (SSSR count). The van der Waals surface area contributed by atoms with Crippen molar-refractivity contribution in [1.82, 2.24) is 0 Å². The summed E-state index contributed by atoms with van der Waals surface area (Å²) >= 11 is 7.98. The van der Waals surface area contributed by atoms with Crippen LogP contribution in [0.3, 0.4) is 0 Å². The predicted octanol–water partition coefficient (Wildman–Crippen LogP) is 4.51. The molecule has 1 aromatic carbocycles. The van der Waals surface area contributed by atoms with Crippen molar-refractivity contribution in [3.8, 4) is 17.9 Å². The first kappa shape index (κ1) is 20.7. The highest BCUT2D eigenvalue weighted by Crippen LogP contribution is 2.22. The van der Waals surface area contributed by atoms with Gasteiger partial charge in [0.15, 0.2) is 0 Å². The molecular formula is C18H22N2OS4. The van der Waals surface area contributed by atoms with Crippen LogP contribution < -0.4 is 4.74 Å². The fourth-order valence-corrected chi connectivity index (χ4v) is 6.78. The molecule has 1 aliphatic rings. The van der Waals surface area contributed by atoms with E-state index in [0.717, 1.165) is 23.0 Å². The Hall–Kier alpha value is -0.600. The van der Waals surface area contributed by atoms with Crippen molar-refractivity contribution in [2.75, 3.05) is 46.0 Å². The van der Waals surface area contributed by atoms with E-state index < -0.39 is 0 Å². The first-order chi connectivity index (χ1) is 12.3. The van der Waals surface area contributed by atoms with Gasteiger partial charge < -0.3 is 4.74 Å². The van der Waals surface area contributed by atoms with E-state index in [0.29, 0.717) is 16.9 Å². The third kappa shape index (κ3) is 8.09. The van der Waals surface area contributed by atoms with E-state index in [1.54, 1.807) is 18.2 Å². The topological polar surface area (TPSA) is 56.8 Å². The molecule has 3 nitrogen and oxygen atoms in total. The van der Waals surface area contributed by atoms with Crippen LogP contribution in [-0.2, 0) is 0 Å². The molecule has 0 aromatic heterocycles. The SMILES string of the molecule is N#Cc1ccc(OC2CSCCSCCCSCCSC2)cc1C#N. The van der Waals surface area contributed by atoms with E-state index in [1.807, 2.05) is 53.1 Å². The molecule has 0 N–H and O–H groups in total. The number of hydrogen-bond donors (Lipinski definition) is 0. The Morgan fingerprint density at radius 1 is 0.800 bits per heavy atom. The molecule has 134 valence electrons. The summed E-state index contributed by atoms with van der Waals surface area (Å²) < 4.78 is 6.14. The molecule has 0 bridgehead atoms. The molecule has 0 radical (unpaired) electrons. The second-order valence-electron chi connectivity index (χ2n) is 5.40. The maximum Gasteiger partial charge on any atom is 0.121 e. The molecule has 0 atom stereocenters. The Kier molecular flexibility index (Phi) is 10.5. The van der Waals surface area contributed by atoms with Gasteiger partial charge in [-0.25, -0.2) is 0 Å². The van der Waals surface area contributed by atoms with Crippen molar-refractivity contribution in [1.29, 1.82) is 10.5 Å². The van der Waals surface area contributed by atoms with Gasteiger partial charge in [0.2, 0.25) is 0 Å². The number of ether oxygens (including phenoxy) is 1. The summed E-state index contributed by atoms with van der Waals surface area (Å²) in [6.07, 6.45) is 1.45. The zero-order valence-electron chi connectivity index (χ0n) is 14.1. The second kappa shape index (κ2) is 12.7. The Labute approximate surface area is 167 Å². The fourth-order valence-electron chi connectivity index (χ4n) is 2.23. The summed E-state index contributed by atoms with van der Waals surface area (Å²) in [4.78, 5) is 0. The van der Waals surface area contributed by atoms with Crippen molar-refractivity contribution in [3.05, 3.63) is 29.3 Å². The van der Waals surface area contributed by atoms with Crippen molar-refractivity contribution >= 4 is 47.0 Å². The lowest BCUT2D eigenvalue weighted by molar-refractivity contribution is 0.251. The molecule has 1 fully saturated rings. The Morgan fingerprint density at radius 2 is 1.40 bits per heavy atom. The van der Waals surface area contributed by atoms with Crippen LogP contribution in [0.1, 0.15) is 17.5 Å². The van der Waals surface area contributed by atoms with Gasteiger partial charge in [-0.1, -0.05) is 0 Å². The van der Waals surface area contributed by atoms with Crippen LogP contribution in [0.25, 0.3) is 0 Å². The molecule has 0 spiro atoms. The van der Waals surface area contributed by atoms with E-state index >= 15 is 0 Å². The Bertz CT molecular complexity index is 598. The third-order valence-corrected chi connectivity index (χ3v) is 8.32. The molecule has 0 amide bonds. The maximum absolute atomic E-state index is 9.17. The number of thioether (sulfide) groups is 4. The summed E-state index contributed by atoms with van der Waals surface area (Å²) in [6.45, 7) is 0. The summed E-state index contributed by atoms with van der Waals surface area (Å²) in [6, 6.07) is 9.27. The minimum absolute atomic E-state index is 0.132. The first-order valence-corrected chi connectivity index (χ1v) is 12.9. The van der Waals surface area contributed by atoms with Crippen molar-refractivity contribution in [2.24, 2.45) is 0 Å². The van der Waals surface area contributed by atoms with Gasteiger partial charge in [-0.3, -0.25) is 0 Å². The minimum Gasteiger partial charge on any atom is -0.489 e. The summed E-state index contributed by atoms with van der Waals surface area (Å²) in [5.41, 5.74) is 0.785. The smallest absolute Gasteiger partial charge is 0.121 e. The maximum atomic E-state index is 9.17. The Morgan fingerprint density at radius 3 is 2.00 bits per heavy atom. The van der Waals surface area contributed by atoms with Gasteiger partial charge in [-0.2, -0.15) is 57.6 Å². The Balaban J connectivity index is 1.94. The highest BCUT2D eigenvalue weighted by atomic mass is 32.2. The van der Waals surface area contributed by atoms with Gasteiger partial charge in [0.25, 0.3) is 0 Å². The summed E-state index contributed by atoms with van der Waals surface area (Å²) in [5, 5.41) is 18.2. The van der Waals surface area contributed by atoms with E-state index in [4.69, 9.17) is 15.3 Å². The van der Waals surface area contributed by atoms with Gasteiger partial charge >= 0.3 is 0 Å². The second-order valence-corrected chi connectivity index (χ2v) is 10.1. The lowest BCUT2D eigenvalue weighted by atomic mass is 10.1. The van der Waals surface area contributed by atoms with E-state index in [-0.39, 0.29) is 6.10 Å². The van der Waals surface area contributed by atoms with Gasteiger partial charge in [0.1, 0.15) is 24.0 Å². The fraction of sp³-hybridized carbons (Fsp3) is 0.556. The number of nitriles is 2. The molecule has 1 heterocycles. The van der Waals surface area contributed by atoms with Crippen LogP contribution in [-0.4, -0.2) is 52.1 Å². The van der Waals surface area contributed by atoms with E-state index in [9.17, 15) is 0 Å². The largest absolute Gasteiger partial charge is 0.489 e. The zero-order valence-corrected chi connectivity index (χ0v) is 17.4. The summed E-state index contributed by atoms with van der Waals surface area (Å²) in [5.74, 6) is 9.84. The van der Waals surface area contributed by atoms with E-state index in [1.165, 1.54) is 29.4 Å². The molecule has 0 unspecified atom stereocenters. The zero-order chi connectivity index (χ0) is 17.7. The predicted molar refractivity (Wildman–Crippen MR) is 114 cm³/mol. The molecule has 0 aliphatic carbocycles.